The third kappa shape index (κ3) is 5.04. The van der Waals surface area contributed by atoms with E-state index in [1.807, 2.05) is 38.1 Å². The number of nitrogens with zero attached hydrogens (tertiary/aromatic N) is 1. The molecule has 2 aromatic rings. The number of carboxylic acid groups (broad SMARTS) is 1. The SMILES string of the molecule is CC[C@@H](CC(=O)N1CCC(CC)(C(=O)O)CC1)NC(=O)OCC1c2ccccc2-c2ccccc21. The number of carbonyl (C=O) groups excluding carboxylic acids is 2. The second kappa shape index (κ2) is 10.5. The topological polar surface area (TPSA) is 95.9 Å². The average molecular weight is 479 g/mol. The number of ether oxygens (including phenoxy) is 1. The van der Waals surface area contributed by atoms with Crippen LogP contribution in [0.5, 0.6) is 0 Å². The first-order chi connectivity index (χ1) is 16.9. The van der Waals surface area contributed by atoms with Gasteiger partial charge in [-0.15, -0.1) is 0 Å². The van der Waals surface area contributed by atoms with E-state index in [-0.39, 0.29) is 30.9 Å². The van der Waals surface area contributed by atoms with Crippen LogP contribution in [0, 0.1) is 5.41 Å². The summed E-state index contributed by atoms with van der Waals surface area (Å²) in [6, 6.07) is 16.0. The molecule has 7 nitrogen and oxygen atoms in total. The van der Waals surface area contributed by atoms with Gasteiger partial charge in [0.2, 0.25) is 5.91 Å². The Kier molecular flexibility index (Phi) is 7.43. The minimum absolute atomic E-state index is 0.0173. The smallest absolute Gasteiger partial charge is 0.407 e. The Balaban J connectivity index is 1.30. The number of piperidine rings is 1. The van der Waals surface area contributed by atoms with Crippen LogP contribution >= 0.6 is 0 Å². The highest BCUT2D eigenvalue weighted by molar-refractivity contribution is 5.80. The molecule has 2 amide bonds. The molecule has 0 unspecified atom stereocenters. The first-order valence-corrected chi connectivity index (χ1v) is 12.5. The van der Waals surface area contributed by atoms with E-state index < -0.39 is 17.5 Å². The summed E-state index contributed by atoms with van der Waals surface area (Å²) in [5.74, 6) is -0.863. The van der Waals surface area contributed by atoms with Crippen LogP contribution in [0.4, 0.5) is 4.79 Å². The highest BCUT2D eigenvalue weighted by atomic mass is 16.5. The molecule has 1 aliphatic carbocycles. The van der Waals surface area contributed by atoms with Gasteiger partial charge in [-0.05, 0) is 47.9 Å². The molecular weight excluding hydrogens is 444 g/mol. The van der Waals surface area contributed by atoms with E-state index in [0.29, 0.717) is 38.8 Å². The van der Waals surface area contributed by atoms with Crippen molar-refractivity contribution in [3.8, 4) is 11.1 Å². The molecule has 0 radical (unpaired) electrons. The van der Waals surface area contributed by atoms with Crippen molar-refractivity contribution in [2.24, 2.45) is 5.41 Å². The van der Waals surface area contributed by atoms with E-state index in [0.717, 1.165) is 11.1 Å². The fraction of sp³-hybridized carbons (Fsp3) is 0.464. The molecular formula is C28H34N2O5. The Labute approximate surface area is 206 Å². The van der Waals surface area contributed by atoms with E-state index >= 15 is 0 Å². The summed E-state index contributed by atoms with van der Waals surface area (Å²) >= 11 is 0. The van der Waals surface area contributed by atoms with Crippen molar-refractivity contribution in [3.63, 3.8) is 0 Å². The lowest BCUT2D eigenvalue weighted by molar-refractivity contribution is -0.154. The first-order valence-electron chi connectivity index (χ1n) is 12.5. The minimum Gasteiger partial charge on any atom is -0.481 e. The van der Waals surface area contributed by atoms with Crippen molar-refractivity contribution in [3.05, 3.63) is 59.7 Å². The van der Waals surface area contributed by atoms with Crippen molar-refractivity contribution in [1.29, 1.82) is 0 Å². The summed E-state index contributed by atoms with van der Waals surface area (Å²) in [6.45, 7) is 4.90. The van der Waals surface area contributed by atoms with Crippen molar-refractivity contribution in [2.75, 3.05) is 19.7 Å². The Morgan fingerprint density at radius 2 is 1.60 bits per heavy atom. The summed E-state index contributed by atoms with van der Waals surface area (Å²) in [6.07, 6.45) is 1.72. The number of carboxylic acids is 1. The number of rotatable bonds is 8. The third-order valence-electron chi connectivity index (χ3n) is 7.78. The Hall–Kier alpha value is -3.35. The van der Waals surface area contributed by atoms with Crippen LogP contribution in [0.25, 0.3) is 11.1 Å². The van der Waals surface area contributed by atoms with Gasteiger partial charge in [-0.1, -0.05) is 62.4 Å². The maximum absolute atomic E-state index is 12.8. The van der Waals surface area contributed by atoms with Crippen LogP contribution in [-0.4, -0.2) is 53.7 Å². The van der Waals surface area contributed by atoms with Crippen molar-refractivity contribution in [1.82, 2.24) is 10.2 Å². The number of benzene rings is 2. The van der Waals surface area contributed by atoms with Crippen LogP contribution in [0.1, 0.15) is 63.0 Å². The summed E-state index contributed by atoms with van der Waals surface area (Å²) in [4.78, 5) is 38.9. The number of fused-ring (bicyclic) bond motifs is 3. The van der Waals surface area contributed by atoms with Crippen molar-refractivity contribution < 1.29 is 24.2 Å². The number of hydrogen-bond donors (Lipinski definition) is 2. The number of carbonyl (C=O) groups is 3. The zero-order chi connectivity index (χ0) is 25.0. The average Bonchev–Trinajstić information content (AvgIpc) is 3.20. The molecule has 0 aromatic heterocycles. The van der Waals surface area contributed by atoms with E-state index in [9.17, 15) is 19.5 Å². The normalized spacial score (nSPS) is 17.3. The van der Waals surface area contributed by atoms with Gasteiger partial charge in [0.25, 0.3) is 0 Å². The van der Waals surface area contributed by atoms with Gasteiger partial charge >= 0.3 is 12.1 Å². The number of amides is 2. The Bertz CT molecular complexity index is 1040. The van der Waals surface area contributed by atoms with Crippen molar-refractivity contribution >= 4 is 18.0 Å². The van der Waals surface area contributed by atoms with Gasteiger partial charge in [0.1, 0.15) is 6.61 Å². The second-order valence-corrected chi connectivity index (χ2v) is 9.60. The highest BCUT2D eigenvalue weighted by Crippen LogP contribution is 2.44. The molecule has 2 N–H and O–H groups in total. The van der Waals surface area contributed by atoms with Gasteiger partial charge in [-0.2, -0.15) is 0 Å². The van der Waals surface area contributed by atoms with E-state index in [4.69, 9.17) is 4.74 Å². The summed E-state index contributed by atoms with van der Waals surface area (Å²) < 4.78 is 5.63. The lowest BCUT2D eigenvalue weighted by Crippen LogP contribution is -2.48. The van der Waals surface area contributed by atoms with Gasteiger partial charge in [-0.3, -0.25) is 9.59 Å². The lowest BCUT2D eigenvalue weighted by Gasteiger charge is -2.38. The quantitative estimate of drug-likeness (QED) is 0.568. The fourth-order valence-electron chi connectivity index (χ4n) is 5.35. The zero-order valence-electron chi connectivity index (χ0n) is 20.5. The van der Waals surface area contributed by atoms with Crippen LogP contribution < -0.4 is 5.32 Å². The predicted octanol–water partition coefficient (Wildman–Crippen LogP) is 4.80. The molecule has 2 aliphatic rings. The molecule has 7 heteroatoms. The Morgan fingerprint density at radius 1 is 1.03 bits per heavy atom. The molecule has 1 aliphatic heterocycles. The maximum Gasteiger partial charge on any atom is 0.407 e. The molecule has 1 fully saturated rings. The first kappa shape index (κ1) is 24.8. The highest BCUT2D eigenvalue weighted by Gasteiger charge is 2.41. The van der Waals surface area contributed by atoms with E-state index in [1.54, 1.807) is 4.90 Å². The van der Waals surface area contributed by atoms with Gasteiger partial charge < -0.3 is 20.1 Å². The third-order valence-corrected chi connectivity index (χ3v) is 7.78. The minimum atomic E-state index is -0.782. The second-order valence-electron chi connectivity index (χ2n) is 9.60. The van der Waals surface area contributed by atoms with Crippen LogP contribution in [0.15, 0.2) is 48.5 Å². The predicted molar refractivity (Wildman–Crippen MR) is 133 cm³/mol. The van der Waals surface area contributed by atoms with Crippen LogP contribution in [0.3, 0.4) is 0 Å². The molecule has 1 atom stereocenters. The molecule has 186 valence electrons. The summed E-state index contributed by atoms with van der Waals surface area (Å²) in [7, 11) is 0. The van der Waals surface area contributed by atoms with Gasteiger partial charge in [-0.25, -0.2) is 4.79 Å². The van der Waals surface area contributed by atoms with Gasteiger partial charge in [0, 0.05) is 31.5 Å². The van der Waals surface area contributed by atoms with Crippen LogP contribution in [-0.2, 0) is 14.3 Å². The summed E-state index contributed by atoms with van der Waals surface area (Å²) in [5.41, 5.74) is 3.91. The number of aliphatic carboxylic acids is 1. The summed E-state index contributed by atoms with van der Waals surface area (Å²) in [5, 5.41) is 12.4. The number of nitrogens with one attached hydrogen (secondary N) is 1. The molecule has 1 heterocycles. The monoisotopic (exact) mass is 478 g/mol. The molecule has 1 saturated heterocycles. The molecule has 0 saturated carbocycles. The van der Waals surface area contributed by atoms with E-state index in [1.165, 1.54) is 11.1 Å². The standard InChI is InChI=1S/C28H34N2O5/c1-3-19(17-25(31)30-15-13-28(4-2,14-16-30)26(32)33)29-27(34)35-18-24-22-11-7-5-9-20(22)21-10-6-8-12-23(21)24/h5-12,19,24H,3-4,13-18H2,1-2H3,(H,29,34)(H,32,33)/t19-/m0/s1. The number of hydrogen-bond acceptors (Lipinski definition) is 4. The molecule has 4 rings (SSSR count). The van der Waals surface area contributed by atoms with E-state index in [2.05, 4.69) is 29.6 Å². The van der Waals surface area contributed by atoms with Gasteiger partial charge in [0.05, 0.1) is 5.41 Å². The molecule has 35 heavy (non-hydrogen) atoms. The number of alkyl carbamates (subject to hydrolysis) is 1. The van der Waals surface area contributed by atoms with Crippen LogP contribution in [0.2, 0.25) is 0 Å². The fourth-order valence-corrected chi connectivity index (χ4v) is 5.35. The molecule has 0 spiro atoms. The zero-order valence-corrected chi connectivity index (χ0v) is 20.5. The van der Waals surface area contributed by atoms with Gasteiger partial charge in [0.15, 0.2) is 0 Å². The Morgan fingerprint density at radius 3 is 2.11 bits per heavy atom. The molecule has 2 aromatic carbocycles. The largest absolute Gasteiger partial charge is 0.481 e. The lowest BCUT2D eigenvalue weighted by atomic mass is 9.76. The number of likely N-dealkylation sites (tertiary alicyclic amines) is 1. The maximum atomic E-state index is 12.8. The van der Waals surface area contributed by atoms with Crippen molar-refractivity contribution in [2.45, 2.75) is 57.9 Å². The molecule has 0 bridgehead atoms.